The van der Waals surface area contributed by atoms with Gasteiger partial charge in [-0.3, -0.25) is 4.79 Å². The number of para-hydroxylation sites is 1. The van der Waals surface area contributed by atoms with Gasteiger partial charge in [-0.25, -0.2) is 9.48 Å². The number of alkyl halides is 2. The van der Waals surface area contributed by atoms with Crippen molar-refractivity contribution in [3.63, 3.8) is 0 Å². The number of ether oxygens (including phenoxy) is 2. The summed E-state index contributed by atoms with van der Waals surface area (Å²) < 4.78 is 35.0. The first-order valence-electron chi connectivity index (χ1n) is 8.56. The van der Waals surface area contributed by atoms with Crippen LogP contribution in [0.25, 0.3) is 5.69 Å². The number of halogens is 2. The number of nitrogens with one attached hydrogen (secondary N) is 1. The number of nitrogens with zero attached hydrogens (tertiary/aromatic N) is 2. The fourth-order valence-electron chi connectivity index (χ4n) is 2.52. The Bertz CT molecular complexity index is 989. The first-order chi connectivity index (χ1) is 13.9. The Labute approximate surface area is 164 Å². The second kappa shape index (κ2) is 8.96. The quantitative estimate of drug-likeness (QED) is 0.612. The lowest BCUT2D eigenvalue weighted by molar-refractivity contribution is -0.119. The average molecular weight is 401 g/mol. The second-order valence-electron chi connectivity index (χ2n) is 5.95. The molecule has 0 radical (unpaired) electrons. The minimum absolute atomic E-state index is 0.0844. The normalized spacial score (nSPS) is 10.6. The van der Waals surface area contributed by atoms with Crippen LogP contribution in [-0.2, 0) is 9.53 Å². The van der Waals surface area contributed by atoms with Crippen molar-refractivity contribution in [3.8, 4) is 11.4 Å². The number of hydrogen-bond acceptors (Lipinski definition) is 5. The predicted molar refractivity (Wildman–Crippen MR) is 100 cm³/mol. The lowest BCUT2D eigenvalue weighted by Gasteiger charge is -2.09. The number of hydrogen-bond donors (Lipinski definition) is 1. The van der Waals surface area contributed by atoms with Crippen LogP contribution in [-0.4, -0.2) is 34.9 Å². The SMILES string of the molecule is Cc1cc(NC(=O)COC(=O)c2ccc(OC(F)F)cc2)n(-c2ccccc2)n1. The van der Waals surface area contributed by atoms with Gasteiger partial charge in [-0.2, -0.15) is 13.9 Å². The molecule has 1 aromatic heterocycles. The van der Waals surface area contributed by atoms with Crippen LogP contribution in [0, 0.1) is 6.92 Å². The van der Waals surface area contributed by atoms with Crippen LogP contribution in [0.2, 0.25) is 0 Å². The highest BCUT2D eigenvalue weighted by Gasteiger charge is 2.14. The standard InChI is InChI=1S/C20H17F2N3O4/c1-13-11-17(25(24-13)15-5-3-2-4-6-15)23-18(26)12-28-19(27)14-7-9-16(10-8-14)29-20(21)22/h2-11,20H,12H2,1H3,(H,23,26). The van der Waals surface area contributed by atoms with E-state index in [-0.39, 0.29) is 11.3 Å². The maximum Gasteiger partial charge on any atom is 0.387 e. The molecule has 1 heterocycles. The third-order valence-electron chi connectivity index (χ3n) is 3.75. The van der Waals surface area contributed by atoms with E-state index in [1.165, 1.54) is 24.3 Å². The zero-order chi connectivity index (χ0) is 20.8. The Morgan fingerprint density at radius 3 is 2.45 bits per heavy atom. The first-order valence-corrected chi connectivity index (χ1v) is 8.56. The van der Waals surface area contributed by atoms with Gasteiger partial charge >= 0.3 is 12.6 Å². The van der Waals surface area contributed by atoms with Crippen LogP contribution in [0.5, 0.6) is 5.75 Å². The van der Waals surface area contributed by atoms with Gasteiger partial charge in [-0.05, 0) is 43.3 Å². The zero-order valence-corrected chi connectivity index (χ0v) is 15.3. The number of aryl methyl sites for hydroxylation is 1. The fraction of sp³-hybridized carbons (Fsp3) is 0.150. The third kappa shape index (κ3) is 5.38. The summed E-state index contributed by atoms with van der Waals surface area (Å²) in [6.45, 7) is -1.69. The summed E-state index contributed by atoms with van der Waals surface area (Å²) >= 11 is 0. The van der Waals surface area contributed by atoms with E-state index in [9.17, 15) is 18.4 Å². The number of benzene rings is 2. The minimum atomic E-state index is -2.95. The minimum Gasteiger partial charge on any atom is -0.452 e. The Morgan fingerprint density at radius 1 is 1.10 bits per heavy atom. The lowest BCUT2D eigenvalue weighted by Crippen LogP contribution is -2.22. The van der Waals surface area contributed by atoms with Gasteiger partial charge in [0, 0.05) is 6.07 Å². The molecule has 1 amide bonds. The second-order valence-corrected chi connectivity index (χ2v) is 5.95. The Balaban J connectivity index is 1.58. The van der Waals surface area contributed by atoms with Crippen LogP contribution in [0.1, 0.15) is 16.1 Å². The van der Waals surface area contributed by atoms with Crippen molar-refractivity contribution >= 4 is 17.7 Å². The van der Waals surface area contributed by atoms with Crippen molar-refractivity contribution in [1.29, 1.82) is 0 Å². The molecule has 0 saturated heterocycles. The van der Waals surface area contributed by atoms with Crippen molar-refractivity contribution in [2.24, 2.45) is 0 Å². The number of esters is 1. The van der Waals surface area contributed by atoms with Crippen LogP contribution in [0.4, 0.5) is 14.6 Å². The number of rotatable bonds is 7. The Kier molecular flexibility index (Phi) is 6.18. The van der Waals surface area contributed by atoms with E-state index in [1.54, 1.807) is 17.7 Å². The summed E-state index contributed by atoms with van der Waals surface area (Å²) in [7, 11) is 0. The summed E-state index contributed by atoms with van der Waals surface area (Å²) in [5.41, 5.74) is 1.57. The number of amides is 1. The zero-order valence-electron chi connectivity index (χ0n) is 15.3. The molecule has 1 N–H and O–H groups in total. The van der Waals surface area contributed by atoms with Crippen LogP contribution in [0.15, 0.2) is 60.7 Å². The molecule has 0 saturated carbocycles. The molecule has 0 aliphatic heterocycles. The Hall–Kier alpha value is -3.75. The molecule has 2 aromatic carbocycles. The molecule has 0 aliphatic rings. The summed E-state index contributed by atoms with van der Waals surface area (Å²) in [5, 5.41) is 6.98. The summed E-state index contributed by atoms with van der Waals surface area (Å²) in [5.74, 6) is -0.966. The van der Waals surface area contributed by atoms with E-state index in [1.807, 2.05) is 30.3 Å². The highest BCUT2D eigenvalue weighted by atomic mass is 19.3. The molecule has 0 atom stereocenters. The van der Waals surface area contributed by atoms with Crippen molar-refractivity contribution in [1.82, 2.24) is 9.78 Å². The molecular formula is C20H17F2N3O4. The lowest BCUT2D eigenvalue weighted by atomic mass is 10.2. The van der Waals surface area contributed by atoms with Crippen molar-refractivity contribution in [2.75, 3.05) is 11.9 Å². The molecule has 3 aromatic rings. The van der Waals surface area contributed by atoms with Gasteiger partial charge in [0.1, 0.15) is 11.6 Å². The van der Waals surface area contributed by atoms with Gasteiger partial charge in [-0.1, -0.05) is 18.2 Å². The van der Waals surface area contributed by atoms with Gasteiger partial charge in [0.15, 0.2) is 6.61 Å². The Morgan fingerprint density at radius 2 is 1.79 bits per heavy atom. The maximum atomic E-state index is 12.2. The summed E-state index contributed by atoms with van der Waals surface area (Å²) in [6.07, 6.45) is 0. The largest absolute Gasteiger partial charge is 0.452 e. The van der Waals surface area contributed by atoms with E-state index in [0.717, 1.165) is 5.69 Å². The van der Waals surface area contributed by atoms with E-state index in [0.29, 0.717) is 11.5 Å². The first kappa shape index (κ1) is 20.0. The number of aromatic nitrogens is 2. The molecule has 9 heteroatoms. The maximum absolute atomic E-state index is 12.2. The van der Waals surface area contributed by atoms with E-state index in [2.05, 4.69) is 15.2 Å². The summed E-state index contributed by atoms with van der Waals surface area (Å²) in [6, 6.07) is 15.9. The monoisotopic (exact) mass is 401 g/mol. The van der Waals surface area contributed by atoms with Gasteiger partial charge < -0.3 is 14.8 Å². The smallest absolute Gasteiger partial charge is 0.387 e. The van der Waals surface area contributed by atoms with E-state index < -0.39 is 25.1 Å². The van der Waals surface area contributed by atoms with Crippen molar-refractivity contribution < 1.29 is 27.8 Å². The van der Waals surface area contributed by atoms with Crippen molar-refractivity contribution in [2.45, 2.75) is 13.5 Å². The predicted octanol–water partition coefficient (Wildman–Crippen LogP) is 3.58. The molecule has 0 unspecified atom stereocenters. The highest BCUT2D eigenvalue weighted by Crippen LogP contribution is 2.17. The molecule has 0 aliphatic carbocycles. The fourth-order valence-corrected chi connectivity index (χ4v) is 2.52. The molecule has 0 bridgehead atoms. The van der Waals surface area contributed by atoms with Gasteiger partial charge in [0.05, 0.1) is 16.9 Å². The molecule has 0 fully saturated rings. The van der Waals surface area contributed by atoms with Crippen LogP contribution >= 0.6 is 0 Å². The van der Waals surface area contributed by atoms with E-state index >= 15 is 0 Å². The molecule has 29 heavy (non-hydrogen) atoms. The molecule has 150 valence electrons. The van der Waals surface area contributed by atoms with Gasteiger partial charge in [-0.15, -0.1) is 0 Å². The van der Waals surface area contributed by atoms with Crippen molar-refractivity contribution in [3.05, 3.63) is 71.9 Å². The highest BCUT2D eigenvalue weighted by molar-refractivity contribution is 5.95. The van der Waals surface area contributed by atoms with Gasteiger partial charge in [0.2, 0.25) is 0 Å². The number of anilines is 1. The van der Waals surface area contributed by atoms with Gasteiger partial charge in [0.25, 0.3) is 5.91 Å². The molecule has 0 spiro atoms. The molecule has 3 rings (SSSR count). The van der Waals surface area contributed by atoms with Crippen LogP contribution in [0.3, 0.4) is 0 Å². The van der Waals surface area contributed by atoms with Crippen LogP contribution < -0.4 is 10.1 Å². The molecule has 7 nitrogen and oxygen atoms in total. The average Bonchev–Trinajstić information content (AvgIpc) is 3.07. The third-order valence-corrected chi connectivity index (χ3v) is 3.75. The number of carbonyl (C=O) groups excluding carboxylic acids is 2. The summed E-state index contributed by atoms with van der Waals surface area (Å²) in [4.78, 5) is 24.2. The number of carbonyl (C=O) groups is 2. The molecular weight excluding hydrogens is 384 g/mol. The van der Waals surface area contributed by atoms with E-state index in [4.69, 9.17) is 4.74 Å². The topological polar surface area (TPSA) is 82.5 Å².